The molecule has 0 radical (unpaired) electrons. The van der Waals surface area contributed by atoms with E-state index in [4.69, 9.17) is 14.7 Å². The lowest BCUT2D eigenvalue weighted by atomic mass is 9.32. The number of aliphatic carboxylic acids is 1. The molecule has 0 bridgehead atoms. The van der Waals surface area contributed by atoms with Crippen molar-refractivity contribution in [1.29, 1.82) is 5.26 Å². The van der Waals surface area contributed by atoms with Crippen LogP contribution in [0.3, 0.4) is 0 Å². The summed E-state index contributed by atoms with van der Waals surface area (Å²) in [4.78, 5) is 24.5. The molecular formula is C40H63NO5. The zero-order valence-corrected chi connectivity index (χ0v) is 30.3. The Kier molecular flexibility index (Phi) is 9.42. The average Bonchev–Trinajstić information content (AvgIpc) is 3.32. The normalized spacial score (nSPS) is 42.8. The molecule has 6 nitrogen and oxygen atoms in total. The summed E-state index contributed by atoms with van der Waals surface area (Å²) in [6, 6.07) is 2.25. The van der Waals surface area contributed by atoms with E-state index in [9.17, 15) is 14.7 Å². The summed E-state index contributed by atoms with van der Waals surface area (Å²) in [6.07, 6.45) is 12.2. The van der Waals surface area contributed by atoms with Gasteiger partial charge < -0.3 is 14.6 Å². The molecule has 5 saturated carbocycles. The van der Waals surface area contributed by atoms with E-state index in [-0.39, 0.29) is 52.0 Å². The molecule has 6 heteroatoms. The highest BCUT2D eigenvalue weighted by Crippen LogP contribution is 2.77. The van der Waals surface area contributed by atoms with E-state index in [2.05, 4.69) is 54.2 Å². The topological polar surface area (TPSA) is 96.6 Å². The number of nitrogens with zero attached hydrogens (tertiary/aromatic N) is 1. The van der Waals surface area contributed by atoms with Crippen LogP contribution in [0.5, 0.6) is 0 Å². The highest BCUT2D eigenvalue weighted by atomic mass is 16.5. The second-order valence-corrected chi connectivity index (χ2v) is 18.8. The molecule has 0 aromatic heterocycles. The van der Waals surface area contributed by atoms with Crippen LogP contribution in [0.1, 0.15) is 139 Å². The van der Waals surface area contributed by atoms with Gasteiger partial charge in [-0.15, -0.1) is 0 Å². The maximum Gasteiger partial charge on any atom is 0.306 e. The third kappa shape index (κ3) is 5.67. The number of hydrogen-bond donors (Lipinski definition) is 1. The van der Waals surface area contributed by atoms with Gasteiger partial charge in [-0.25, -0.2) is 0 Å². The van der Waals surface area contributed by atoms with Gasteiger partial charge in [-0.2, -0.15) is 5.26 Å². The van der Waals surface area contributed by atoms with Crippen molar-refractivity contribution in [3.05, 3.63) is 12.2 Å². The van der Waals surface area contributed by atoms with E-state index in [1.54, 1.807) is 0 Å². The van der Waals surface area contributed by atoms with Crippen molar-refractivity contribution in [1.82, 2.24) is 0 Å². The first-order valence-corrected chi connectivity index (χ1v) is 18.4. The van der Waals surface area contributed by atoms with E-state index in [0.29, 0.717) is 42.6 Å². The summed E-state index contributed by atoms with van der Waals surface area (Å²) in [7, 11) is 0. The molecule has 6 unspecified atom stereocenters. The average molecular weight is 638 g/mol. The number of esters is 1. The predicted octanol–water partition coefficient (Wildman–Crippen LogP) is 9.38. The second kappa shape index (κ2) is 12.2. The Morgan fingerprint density at radius 1 is 0.913 bits per heavy atom. The Bertz CT molecular complexity index is 1250. The van der Waals surface area contributed by atoms with E-state index in [0.717, 1.165) is 25.9 Å². The van der Waals surface area contributed by atoms with Crippen LogP contribution in [-0.4, -0.2) is 36.4 Å². The quantitative estimate of drug-likeness (QED) is 0.146. The number of carbonyl (C=O) groups excluding carboxylic acids is 1. The monoisotopic (exact) mass is 637 g/mol. The van der Waals surface area contributed by atoms with Gasteiger partial charge in [-0.3, -0.25) is 9.59 Å². The number of carboxylic acids is 1. The molecule has 0 aromatic carbocycles. The third-order valence-electron chi connectivity index (χ3n) is 15.5. The van der Waals surface area contributed by atoms with Gasteiger partial charge in [0.05, 0.1) is 38.5 Å². The third-order valence-corrected chi connectivity index (χ3v) is 15.5. The highest BCUT2D eigenvalue weighted by Gasteiger charge is 2.71. The number of nitriles is 1. The minimum Gasteiger partial charge on any atom is -0.481 e. The first kappa shape index (κ1) is 35.4. The number of hydrogen-bond acceptors (Lipinski definition) is 5. The van der Waals surface area contributed by atoms with Gasteiger partial charge in [0.25, 0.3) is 0 Å². The molecule has 0 heterocycles. The van der Waals surface area contributed by atoms with E-state index >= 15 is 0 Å². The number of allylic oxidation sites excluding steroid dienone is 1. The lowest BCUT2D eigenvalue weighted by Crippen LogP contribution is -2.67. The van der Waals surface area contributed by atoms with Gasteiger partial charge >= 0.3 is 11.9 Å². The van der Waals surface area contributed by atoms with Crippen molar-refractivity contribution in [3.63, 3.8) is 0 Å². The molecule has 5 aliphatic rings. The van der Waals surface area contributed by atoms with Crippen molar-refractivity contribution >= 4 is 11.9 Å². The second-order valence-electron chi connectivity index (χ2n) is 18.8. The SMILES string of the molecule is C=C(C)C1CCC2(COCCC#N)CC[C@]3(C)C(CCC4[C@@]5(C)CC[C@H](OC(=O)CC(C)(C)CC(=O)O)C(C)(C)C5CC[C@]43C)C12. The molecule has 0 spiro atoms. The molecule has 1 N–H and O–H groups in total. The standard InChI is InChI=1S/C40H63NO5/c1-26(2)27-13-18-40(25-45-22-10-21-41)20-19-38(8)28(34(27)40)11-12-30-37(7)16-15-31(36(5,6)29(37)14-17-39(30,38)9)46-33(44)24-35(3,4)23-32(42)43/h27-31,34H,1,10-20,22-25H2,2-9H3,(H,42,43)/t27?,28?,29?,30?,31-,34?,37-,38+,39+,40?/m0/s1. The van der Waals surface area contributed by atoms with Crippen molar-refractivity contribution in [3.8, 4) is 6.07 Å². The highest BCUT2D eigenvalue weighted by molar-refractivity contribution is 5.73. The Labute approximate surface area is 279 Å². The first-order chi connectivity index (χ1) is 21.4. The summed E-state index contributed by atoms with van der Waals surface area (Å²) < 4.78 is 12.5. The zero-order chi connectivity index (χ0) is 33.9. The molecule has 0 amide bonds. The Balaban J connectivity index is 1.38. The van der Waals surface area contributed by atoms with Crippen LogP contribution >= 0.6 is 0 Å². The van der Waals surface area contributed by atoms with Crippen molar-refractivity contribution < 1.29 is 24.2 Å². The Morgan fingerprint density at radius 3 is 2.28 bits per heavy atom. The number of carbonyl (C=O) groups is 2. The van der Waals surface area contributed by atoms with Crippen LogP contribution in [0, 0.1) is 73.4 Å². The fourth-order valence-electron chi connectivity index (χ4n) is 13.2. The maximum atomic E-state index is 13.2. The number of carboxylic acid groups (broad SMARTS) is 1. The van der Waals surface area contributed by atoms with E-state index in [1.807, 2.05) is 13.8 Å². The summed E-state index contributed by atoms with van der Waals surface area (Å²) in [5.41, 5.74) is 1.48. The van der Waals surface area contributed by atoms with Crippen LogP contribution < -0.4 is 0 Å². The molecule has 0 saturated heterocycles. The van der Waals surface area contributed by atoms with Gasteiger partial charge in [-0.05, 0) is 128 Å². The predicted molar refractivity (Wildman–Crippen MR) is 181 cm³/mol. The summed E-state index contributed by atoms with van der Waals surface area (Å²) in [6.45, 7) is 24.4. The molecule has 5 rings (SSSR count). The van der Waals surface area contributed by atoms with Crippen LogP contribution in [0.25, 0.3) is 0 Å². The molecule has 0 aromatic rings. The van der Waals surface area contributed by atoms with Gasteiger partial charge in [0.2, 0.25) is 0 Å². The van der Waals surface area contributed by atoms with Crippen LogP contribution in [0.4, 0.5) is 0 Å². The lowest BCUT2D eigenvalue weighted by molar-refractivity contribution is -0.252. The van der Waals surface area contributed by atoms with Crippen LogP contribution in [0.2, 0.25) is 0 Å². The molecule has 5 aliphatic carbocycles. The molecular weight excluding hydrogens is 574 g/mol. The fraction of sp³-hybridized carbons (Fsp3) is 0.875. The van der Waals surface area contributed by atoms with E-state index in [1.165, 1.54) is 50.5 Å². The minimum atomic E-state index is -0.879. The van der Waals surface area contributed by atoms with Gasteiger partial charge in [-0.1, -0.05) is 60.6 Å². The fourth-order valence-corrected chi connectivity index (χ4v) is 13.2. The smallest absolute Gasteiger partial charge is 0.306 e. The zero-order valence-electron chi connectivity index (χ0n) is 30.3. The molecule has 258 valence electrons. The largest absolute Gasteiger partial charge is 0.481 e. The van der Waals surface area contributed by atoms with Crippen molar-refractivity contribution in [2.24, 2.45) is 62.1 Å². The summed E-state index contributed by atoms with van der Waals surface area (Å²) in [5, 5.41) is 18.4. The Hall–Kier alpha value is -1.87. The van der Waals surface area contributed by atoms with Crippen molar-refractivity contribution in [2.75, 3.05) is 13.2 Å². The first-order valence-electron chi connectivity index (χ1n) is 18.4. The molecule has 5 fully saturated rings. The van der Waals surface area contributed by atoms with Gasteiger partial charge in [0, 0.05) is 5.41 Å². The molecule has 0 aliphatic heterocycles. The van der Waals surface area contributed by atoms with E-state index < -0.39 is 11.4 Å². The summed E-state index contributed by atoms with van der Waals surface area (Å²) >= 11 is 0. The minimum absolute atomic E-state index is 0.0415. The molecule has 46 heavy (non-hydrogen) atoms. The number of rotatable bonds is 10. The number of fused-ring (bicyclic) bond motifs is 7. The maximum absolute atomic E-state index is 13.2. The number of ether oxygens (including phenoxy) is 2. The van der Waals surface area contributed by atoms with Gasteiger partial charge in [0.1, 0.15) is 6.10 Å². The molecule has 10 atom stereocenters. The summed E-state index contributed by atoms with van der Waals surface area (Å²) in [5.74, 6) is 1.79. The van der Waals surface area contributed by atoms with Gasteiger partial charge in [0.15, 0.2) is 0 Å². The van der Waals surface area contributed by atoms with Crippen LogP contribution in [-0.2, 0) is 19.1 Å². The Morgan fingerprint density at radius 2 is 1.63 bits per heavy atom. The lowest BCUT2D eigenvalue weighted by Gasteiger charge is -2.73. The van der Waals surface area contributed by atoms with Crippen LogP contribution in [0.15, 0.2) is 12.2 Å². The van der Waals surface area contributed by atoms with Crippen molar-refractivity contribution in [2.45, 2.75) is 145 Å².